The van der Waals surface area contributed by atoms with Crippen molar-refractivity contribution in [2.45, 2.75) is 13.0 Å². The van der Waals surface area contributed by atoms with E-state index in [1.54, 1.807) is 17.4 Å². The number of carboxylic acid groups (broad SMARTS) is 1. The molecule has 1 aromatic carbocycles. The topological polar surface area (TPSA) is 40.5 Å². The summed E-state index contributed by atoms with van der Waals surface area (Å²) in [6.45, 7) is 2.20. The molecule has 1 unspecified atom stereocenters. The summed E-state index contributed by atoms with van der Waals surface area (Å²) in [5.41, 5.74) is 0.885. The Balaban J connectivity index is 1.67. The summed E-state index contributed by atoms with van der Waals surface area (Å²) < 4.78 is 13.2. The van der Waals surface area contributed by atoms with E-state index in [-0.39, 0.29) is 11.7 Å². The summed E-state index contributed by atoms with van der Waals surface area (Å²) in [5.74, 6) is -1.18. The van der Waals surface area contributed by atoms with E-state index in [0.29, 0.717) is 6.54 Å². The Morgan fingerprint density at radius 1 is 1.38 bits per heavy atom. The smallest absolute Gasteiger partial charge is 0.307 e. The lowest BCUT2D eigenvalue weighted by Crippen LogP contribution is -2.22. The van der Waals surface area contributed by atoms with Crippen molar-refractivity contribution in [2.24, 2.45) is 5.92 Å². The molecule has 1 atom stereocenters. The predicted molar refractivity (Wildman–Crippen MR) is 80.7 cm³/mol. The van der Waals surface area contributed by atoms with Crippen LogP contribution in [0.1, 0.15) is 11.3 Å². The SMILES string of the molecule is O=C(O)C1CCN(Cc2ccc(-c3cccc(F)c3)s2)C1. The van der Waals surface area contributed by atoms with Gasteiger partial charge in [0.2, 0.25) is 0 Å². The first kappa shape index (κ1) is 14.2. The Kier molecular flexibility index (Phi) is 4.03. The van der Waals surface area contributed by atoms with E-state index in [1.807, 2.05) is 18.2 Å². The second-order valence-corrected chi connectivity index (χ2v) is 6.50. The molecule has 0 radical (unpaired) electrons. The van der Waals surface area contributed by atoms with E-state index in [9.17, 15) is 9.18 Å². The third-order valence-electron chi connectivity index (χ3n) is 3.77. The van der Waals surface area contributed by atoms with Gasteiger partial charge in [-0.05, 0) is 42.8 Å². The maximum Gasteiger partial charge on any atom is 0.307 e. The van der Waals surface area contributed by atoms with E-state index in [4.69, 9.17) is 5.11 Å². The van der Waals surface area contributed by atoms with Gasteiger partial charge in [-0.1, -0.05) is 12.1 Å². The molecule has 2 aromatic rings. The molecule has 2 heterocycles. The molecule has 0 amide bonds. The first-order valence-electron chi connectivity index (χ1n) is 6.91. The third kappa shape index (κ3) is 3.31. The summed E-state index contributed by atoms with van der Waals surface area (Å²) in [6, 6.07) is 10.6. The van der Waals surface area contributed by atoms with Crippen molar-refractivity contribution < 1.29 is 14.3 Å². The lowest BCUT2D eigenvalue weighted by atomic mass is 10.1. The summed E-state index contributed by atoms with van der Waals surface area (Å²) >= 11 is 1.64. The maximum absolute atomic E-state index is 13.2. The molecule has 1 N–H and O–H groups in total. The lowest BCUT2D eigenvalue weighted by Gasteiger charge is -2.13. The second kappa shape index (κ2) is 5.95. The van der Waals surface area contributed by atoms with E-state index in [1.165, 1.54) is 17.0 Å². The Bertz CT molecular complexity index is 655. The van der Waals surface area contributed by atoms with Gasteiger partial charge in [-0.25, -0.2) is 4.39 Å². The van der Waals surface area contributed by atoms with Gasteiger partial charge in [0.15, 0.2) is 0 Å². The average molecular weight is 305 g/mol. The van der Waals surface area contributed by atoms with Gasteiger partial charge in [0.05, 0.1) is 5.92 Å². The van der Waals surface area contributed by atoms with E-state index in [0.717, 1.165) is 30.0 Å². The minimum absolute atomic E-state index is 0.230. The number of aliphatic carboxylic acids is 1. The summed E-state index contributed by atoms with van der Waals surface area (Å²) in [6.07, 6.45) is 0.720. The Morgan fingerprint density at radius 2 is 2.24 bits per heavy atom. The van der Waals surface area contributed by atoms with Crippen LogP contribution in [-0.4, -0.2) is 29.1 Å². The number of carbonyl (C=O) groups is 1. The summed E-state index contributed by atoms with van der Waals surface area (Å²) in [4.78, 5) is 15.3. The Labute approximate surface area is 126 Å². The van der Waals surface area contributed by atoms with Crippen molar-refractivity contribution in [2.75, 3.05) is 13.1 Å². The van der Waals surface area contributed by atoms with Crippen molar-refractivity contribution in [3.8, 4) is 10.4 Å². The van der Waals surface area contributed by atoms with Gasteiger partial charge in [-0.15, -0.1) is 11.3 Å². The van der Waals surface area contributed by atoms with Crippen LogP contribution in [0.4, 0.5) is 4.39 Å². The molecular formula is C16H16FNO2S. The lowest BCUT2D eigenvalue weighted by molar-refractivity contribution is -0.141. The molecule has 1 aromatic heterocycles. The monoisotopic (exact) mass is 305 g/mol. The van der Waals surface area contributed by atoms with Gasteiger partial charge in [0.1, 0.15) is 5.82 Å². The molecule has 1 aliphatic rings. The number of hydrogen-bond acceptors (Lipinski definition) is 3. The zero-order valence-corrected chi connectivity index (χ0v) is 12.3. The summed E-state index contributed by atoms with van der Waals surface area (Å²) in [7, 11) is 0. The van der Waals surface area contributed by atoms with E-state index < -0.39 is 5.97 Å². The molecule has 0 spiro atoms. The molecule has 3 nitrogen and oxygen atoms in total. The fourth-order valence-electron chi connectivity index (χ4n) is 2.66. The number of benzene rings is 1. The molecule has 3 rings (SSSR count). The minimum Gasteiger partial charge on any atom is -0.481 e. The fourth-order valence-corrected chi connectivity index (χ4v) is 3.70. The van der Waals surface area contributed by atoms with Crippen LogP contribution in [0, 0.1) is 11.7 Å². The number of halogens is 1. The van der Waals surface area contributed by atoms with Gasteiger partial charge in [-0.2, -0.15) is 0 Å². The fraction of sp³-hybridized carbons (Fsp3) is 0.312. The molecule has 5 heteroatoms. The predicted octanol–water partition coefficient (Wildman–Crippen LogP) is 3.46. The Morgan fingerprint density at radius 3 is 2.95 bits per heavy atom. The minimum atomic E-state index is -0.705. The van der Waals surface area contributed by atoms with E-state index in [2.05, 4.69) is 4.90 Å². The number of hydrogen-bond donors (Lipinski definition) is 1. The van der Waals surface area contributed by atoms with Gasteiger partial charge in [-0.3, -0.25) is 9.69 Å². The molecule has 0 bridgehead atoms. The number of likely N-dealkylation sites (tertiary alicyclic amines) is 1. The van der Waals surface area contributed by atoms with Crippen LogP contribution in [0.3, 0.4) is 0 Å². The molecular weight excluding hydrogens is 289 g/mol. The van der Waals surface area contributed by atoms with Crippen molar-refractivity contribution in [3.05, 3.63) is 47.1 Å². The molecule has 1 saturated heterocycles. The van der Waals surface area contributed by atoms with Gasteiger partial charge >= 0.3 is 5.97 Å². The maximum atomic E-state index is 13.2. The van der Waals surface area contributed by atoms with Crippen molar-refractivity contribution in [1.82, 2.24) is 4.90 Å². The molecule has 0 aliphatic carbocycles. The number of rotatable bonds is 4. The van der Waals surface area contributed by atoms with Crippen LogP contribution in [-0.2, 0) is 11.3 Å². The molecule has 0 saturated carbocycles. The van der Waals surface area contributed by atoms with Crippen LogP contribution < -0.4 is 0 Å². The standard InChI is InChI=1S/C16H16FNO2S/c17-13-3-1-2-11(8-13)15-5-4-14(21-15)10-18-7-6-12(9-18)16(19)20/h1-5,8,12H,6-7,9-10H2,(H,19,20). The van der Waals surface area contributed by atoms with Crippen LogP contribution >= 0.6 is 11.3 Å². The van der Waals surface area contributed by atoms with Crippen LogP contribution in [0.25, 0.3) is 10.4 Å². The largest absolute Gasteiger partial charge is 0.481 e. The van der Waals surface area contributed by atoms with Crippen LogP contribution in [0.15, 0.2) is 36.4 Å². The first-order valence-corrected chi connectivity index (χ1v) is 7.73. The first-order chi connectivity index (χ1) is 10.1. The van der Waals surface area contributed by atoms with E-state index >= 15 is 0 Å². The zero-order valence-electron chi connectivity index (χ0n) is 11.5. The van der Waals surface area contributed by atoms with Gasteiger partial charge < -0.3 is 5.11 Å². The van der Waals surface area contributed by atoms with Crippen LogP contribution in [0.2, 0.25) is 0 Å². The average Bonchev–Trinajstić information content (AvgIpc) is 3.08. The Hall–Kier alpha value is -1.72. The van der Waals surface area contributed by atoms with Crippen LogP contribution in [0.5, 0.6) is 0 Å². The third-order valence-corrected chi connectivity index (χ3v) is 4.89. The number of carboxylic acids is 1. The molecule has 110 valence electrons. The van der Waals surface area contributed by atoms with Gasteiger partial charge in [0, 0.05) is 22.8 Å². The molecule has 21 heavy (non-hydrogen) atoms. The normalized spacial score (nSPS) is 19.0. The number of nitrogens with zero attached hydrogens (tertiary/aromatic N) is 1. The van der Waals surface area contributed by atoms with Crippen molar-refractivity contribution in [1.29, 1.82) is 0 Å². The van der Waals surface area contributed by atoms with Crippen molar-refractivity contribution >= 4 is 17.3 Å². The highest BCUT2D eigenvalue weighted by Crippen LogP contribution is 2.30. The van der Waals surface area contributed by atoms with Crippen molar-refractivity contribution in [3.63, 3.8) is 0 Å². The highest BCUT2D eigenvalue weighted by molar-refractivity contribution is 7.15. The zero-order chi connectivity index (χ0) is 14.8. The van der Waals surface area contributed by atoms with Gasteiger partial charge in [0.25, 0.3) is 0 Å². The summed E-state index contributed by atoms with van der Waals surface area (Å²) in [5, 5.41) is 9.02. The highest BCUT2D eigenvalue weighted by atomic mass is 32.1. The second-order valence-electron chi connectivity index (χ2n) is 5.34. The number of thiophene rings is 1. The molecule has 1 fully saturated rings. The highest BCUT2D eigenvalue weighted by Gasteiger charge is 2.27. The quantitative estimate of drug-likeness (QED) is 0.940. The molecule has 1 aliphatic heterocycles.